The summed E-state index contributed by atoms with van der Waals surface area (Å²) in [5, 5.41) is 13.7. The Morgan fingerprint density at radius 1 is 1.59 bits per heavy atom. The van der Waals surface area contributed by atoms with Gasteiger partial charge in [-0.1, -0.05) is 13.8 Å². The zero-order valence-corrected chi connectivity index (χ0v) is 10.5. The van der Waals surface area contributed by atoms with Crippen LogP contribution < -0.4 is 0 Å². The van der Waals surface area contributed by atoms with Gasteiger partial charge in [0.2, 0.25) is 0 Å². The largest absolute Gasteiger partial charge is 0.391 e. The molecule has 17 heavy (non-hydrogen) atoms. The maximum Gasteiger partial charge on any atom is 0.272 e. The Balaban J connectivity index is 2.22. The topological polar surface area (TPSA) is 58.4 Å². The molecule has 0 saturated carbocycles. The molecule has 0 radical (unpaired) electrons. The van der Waals surface area contributed by atoms with E-state index in [2.05, 4.69) is 18.9 Å². The quantitative estimate of drug-likeness (QED) is 0.821. The third-order valence-corrected chi connectivity index (χ3v) is 3.39. The highest BCUT2D eigenvalue weighted by Crippen LogP contribution is 2.25. The van der Waals surface area contributed by atoms with Gasteiger partial charge in [-0.3, -0.25) is 9.48 Å². The first-order chi connectivity index (χ1) is 8.00. The molecule has 0 aromatic carbocycles. The predicted molar refractivity (Wildman–Crippen MR) is 63.5 cm³/mol. The van der Waals surface area contributed by atoms with Crippen LogP contribution >= 0.6 is 0 Å². The van der Waals surface area contributed by atoms with E-state index in [0.717, 1.165) is 0 Å². The summed E-state index contributed by atoms with van der Waals surface area (Å²) in [5.74, 6) is 0.310. The number of aromatic nitrogens is 2. The van der Waals surface area contributed by atoms with E-state index in [9.17, 15) is 9.90 Å². The number of aliphatic hydroxyl groups excluding tert-OH is 1. The molecular formula is C12H19N3O2. The molecule has 1 N–H and O–H groups in total. The van der Waals surface area contributed by atoms with Crippen molar-refractivity contribution >= 4 is 5.91 Å². The van der Waals surface area contributed by atoms with Crippen molar-refractivity contribution in [1.29, 1.82) is 0 Å². The maximum atomic E-state index is 12.3. The summed E-state index contributed by atoms with van der Waals surface area (Å²) in [7, 11) is 1.75. The first kappa shape index (κ1) is 12.1. The second-order valence-electron chi connectivity index (χ2n) is 5.00. The van der Waals surface area contributed by atoms with E-state index in [1.807, 2.05) is 0 Å². The van der Waals surface area contributed by atoms with Gasteiger partial charge in [-0.15, -0.1) is 0 Å². The third kappa shape index (κ3) is 2.20. The summed E-state index contributed by atoms with van der Waals surface area (Å²) in [6.07, 6.45) is 1.88. The number of β-amino-alcohol motifs (C(OH)–C–C–N with tert-alkyl or cyclic N) is 1. The van der Waals surface area contributed by atoms with Gasteiger partial charge in [-0.05, 0) is 18.4 Å². The molecular weight excluding hydrogens is 218 g/mol. The number of aliphatic hydroxyl groups is 1. The number of aryl methyl sites for hydroxylation is 1. The van der Waals surface area contributed by atoms with E-state index < -0.39 is 6.10 Å². The van der Waals surface area contributed by atoms with Crippen LogP contribution in [0.3, 0.4) is 0 Å². The first-order valence-electron chi connectivity index (χ1n) is 5.97. The third-order valence-electron chi connectivity index (χ3n) is 3.39. The zero-order valence-electron chi connectivity index (χ0n) is 10.5. The predicted octanol–water partition coefficient (Wildman–Crippen LogP) is 0.651. The van der Waals surface area contributed by atoms with Crippen LogP contribution in [0, 0.1) is 5.92 Å². The minimum atomic E-state index is -0.403. The molecule has 5 heteroatoms. The Bertz CT molecular complexity index is 414. The second kappa shape index (κ2) is 4.49. The summed E-state index contributed by atoms with van der Waals surface area (Å²) in [5.41, 5.74) is 0.574. The standard InChI is InChI=1S/C12H19N3O2/c1-8(2)11-6-9(16)7-15(11)12(17)10-4-5-13-14(10)3/h4-5,8-9,11,16H,6-7H2,1-3H3/t9-,11?/m1/s1. The Labute approximate surface area is 101 Å². The Morgan fingerprint density at radius 3 is 2.82 bits per heavy atom. The van der Waals surface area contributed by atoms with Gasteiger partial charge < -0.3 is 10.0 Å². The molecule has 1 aromatic rings. The lowest BCUT2D eigenvalue weighted by Crippen LogP contribution is -2.39. The number of likely N-dealkylation sites (tertiary alicyclic amines) is 1. The summed E-state index contributed by atoms with van der Waals surface area (Å²) < 4.78 is 1.57. The number of amides is 1. The van der Waals surface area contributed by atoms with Crippen LogP contribution in [0.5, 0.6) is 0 Å². The number of hydrogen-bond acceptors (Lipinski definition) is 3. The lowest BCUT2D eigenvalue weighted by molar-refractivity contribution is 0.0674. The van der Waals surface area contributed by atoms with Gasteiger partial charge in [0.1, 0.15) is 5.69 Å². The van der Waals surface area contributed by atoms with E-state index in [4.69, 9.17) is 0 Å². The number of nitrogens with zero attached hydrogens (tertiary/aromatic N) is 3. The fraction of sp³-hybridized carbons (Fsp3) is 0.667. The van der Waals surface area contributed by atoms with Crippen LogP contribution in [0.4, 0.5) is 0 Å². The molecule has 2 heterocycles. The molecule has 94 valence electrons. The number of carbonyl (C=O) groups is 1. The van der Waals surface area contributed by atoms with E-state index in [0.29, 0.717) is 24.6 Å². The van der Waals surface area contributed by atoms with Crippen molar-refractivity contribution in [3.05, 3.63) is 18.0 Å². The second-order valence-corrected chi connectivity index (χ2v) is 5.00. The summed E-state index contributed by atoms with van der Waals surface area (Å²) >= 11 is 0. The van der Waals surface area contributed by atoms with Gasteiger partial charge in [0.05, 0.1) is 6.10 Å². The highest BCUT2D eigenvalue weighted by atomic mass is 16.3. The minimum Gasteiger partial charge on any atom is -0.391 e. The average Bonchev–Trinajstić information content (AvgIpc) is 2.83. The molecule has 1 fully saturated rings. The molecule has 1 saturated heterocycles. The summed E-state index contributed by atoms with van der Waals surface area (Å²) in [6, 6.07) is 1.83. The van der Waals surface area contributed by atoms with E-state index in [1.54, 1.807) is 28.9 Å². The van der Waals surface area contributed by atoms with Gasteiger partial charge in [0.25, 0.3) is 5.91 Å². The van der Waals surface area contributed by atoms with Crippen molar-refractivity contribution in [2.45, 2.75) is 32.4 Å². The molecule has 0 aliphatic carbocycles. The van der Waals surface area contributed by atoms with Crippen LogP contribution in [0.15, 0.2) is 12.3 Å². The molecule has 1 aliphatic rings. The van der Waals surface area contributed by atoms with Gasteiger partial charge in [-0.25, -0.2) is 0 Å². The van der Waals surface area contributed by atoms with Gasteiger partial charge in [0, 0.05) is 25.8 Å². The van der Waals surface area contributed by atoms with Crippen molar-refractivity contribution in [3.63, 3.8) is 0 Å². The van der Waals surface area contributed by atoms with E-state index >= 15 is 0 Å². The normalized spacial score (nSPS) is 24.6. The Kier molecular flexibility index (Phi) is 3.19. The lowest BCUT2D eigenvalue weighted by atomic mass is 10.0. The van der Waals surface area contributed by atoms with Crippen molar-refractivity contribution in [2.24, 2.45) is 13.0 Å². The zero-order chi connectivity index (χ0) is 12.6. The maximum absolute atomic E-state index is 12.3. The average molecular weight is 237 g/mol. The SMILES string of the molecule is CC(C)C1C[C@@H](O)CN1C(=O)c1ccnn1C. The fourth-order valence-electron chi connectivity index (χ4n) is 2.44. The molecule has 2 rings (SSSR count). The fourth-order valence-corrected chi connectivity index (χ4v) is 2.44. The highest BCUT2D eigenvalue weighted by Gasteiger charge is 2.37. The molecule has 0 bridgehead atoms. The van der Waals surface area contributed by atoms with Gasteiger partial charge >= 0.3 is 0 Å². The monoisotopic (exact) mass is 237 g/mol. The van der Waals surface area contributed by atoms with Gasteiger partial charge in [0.15, 0.2) is 0 Å². The molecule has 1 amide bonds. The number of carbonyl (C=O) groups excluding carboxylic acids is 1. The van der Waals surface area contributed by atoms with Crippen molar-refractivity contribution in [3.8, 4) is 0 Å². The van der Waals surface area contributed by atoms with Crippen LogP contribution in [0.1, 0.15) is 30.8 Å². The smallest absolute Gasteiger partial charge is 0.272 e. The van der Waals surface area contributed by atoms with Crippen LogP contribution in [-0.4, -0.2) is 44.4 Å². The molecule has 0 spiro atoms. The first-order valence-corrected chi connectivity index (χ1v) is 5.97. The number of hydrogen-bond donors (Lipinski definition) is 1. The van der Waals surface area contributed by atoms with Crippen LogP contribution in [0.2, 0.25) is 0 Å². The Hall–Kier alpha value is -1.36. The summed E-state index contributed by atoms with van der Waals surface area (Å²) in [6.45, 7) is 4.57. The molecule has 1 aliphatic heterocycles. The van der Waals surface area contributed by atoms with E-state index in [1.165, 1.54) is 0 Å². The van der Waals surface area contributed by atoms with Crippen molar-refractivity contribution in [1.82, 2.24) is 14.7 Å². The highest BCUT2D eigenvalue weighted by molar-refractivity contribution is 5.93. The van der Waals surface area contributed by atoms with Gasteiger partial charge in [-0.2, -0.15) is 5.10 Å². The van der Waals surface area contributed by atoms with E-state index in [-0.39, 0.29) is 11.9 Å². The van der Waals surface area contributed by atoms with Crippen LogP contribution in [-0.2, 0) is 7.05 Å². The molecule has 5 nitrogen and oxygen atoms in total. The van der Waals surface area contributed by atoms with Crippen molar-refractivity contribution in [2.75, 3.05) is 6.54 Å². The molecule has 2 atom stereocenters. The number of rotatable bonds is 2. The molecule has 1 aromatic heterocycles. The van der Waals surface area contributed by atoms with Crippen molar-refractivity contribution < 1.29 is 9.90 Å². The lowest BCUT2D eigenvalue weighted by Gasteiger charge is -2.27. The van der Waals surface area contributed by atoms with Crippen LogP contribution in [0.25, 0.3) is 0 Å². The Morgan fingerprint density at radius 2 is 2.29 bits per heavy atom. The summed E-state index contributed by atoms with van der Waals surface area (Å²) in [4.78, 5) is 14.1. The minimum absolute atomic E-state index is 0.0414. The molecule has 1 unspecified atom stereocenters.